The van der Waals surface area contributed by atoms with Gasteiger partial charge >= 0.3 is 6.09 Å². The first-order valence-corrected chi connectivity index (χ1v) is 5.20. The second-order valence-corrected chi connectivity index (χ2v) is 4.53. The number of rotatable bonds is 2. The van der Waals surface area contributed by atoms with Crippen molar-refractivity contribution >= 4 is 11.8 Å². The molecule has 1 aromatic carbocycles. The van der Waals surface area contributed by atoms with Crippen LogP contribution in [0.4, 0.5) is 10.5 Å². The number of carbonyl (C=O) groups is 1. The number of amides is 1. The van der Waals surface area contributed by atoms with Crippen molar-refractivity contribution in [2.45, 2.75) is 32.9 Å². The Kier molecular flexibility index (Phi) is 3.90. The van der Waals surface area contributed by atoms with Gasteiger partial charge in [-0.2, -0.15) is 0 Å². The highest BCUT2D eigenvalue weighted by atomic mass is 16.6. The van der Waals surface area contributed by atoms with Gasteiger partial charge in [0.15, 0.2) is 0 Å². The second kappa shape index (κ2) is 4.99. The van der Waals surface area contributed by atoms with Crippen molar-refractivity contribution in [1.29, 1.82) is 0 Å². The molecule has 0 fully saturated rings. The van der Waals surface area contributed by atoms with E-state index in [4.69, 9.17) is 10.5 Å². The lowest BCUT2D eigenvalue weighted by atomic mass is 10.2. The van der Waals surface area contributed by atoms with Gasteiger partial charge in [-0.1, -0.05) is 12.1 Å². The van der Waals surface area contributed by atoms with Crippen LogP contribution in [-0.2, 0) is 11.3 Å². The minimum atomic E-state index is -0.485. The summed E-state index contributed by atoms with van der Waals surface area (Å²) in [7, 11) is 0. The van der Waals surface area contributed by atoms with Crippen LogP contribution < -0.4 is 11.1 Å². The molecule has 3 N–H and O–H groups in total. The predicted octanol–water partition coefficient (Wildman–Crippen LogP) is 2.49. The van der Waals surface area contributed by atoms with Crippen LogP contribution in [0.3, 0.4) is 0 Å². The topological polar surface area (TPSA) is 64.3 Å². The summed E-state index contributed by atoms with van der Waals surface area (Å²) >= 11 is 0. The number of hydrogen-bond acceptors (Lipinski definition) is 3. The predicted molar refractivity (Wildman–Crippen MR) is 64.2 cm³/mol. The summed E-state index contributed by atoms with van der Waals surface area (Å²) in [5.41, 5.74) is 6.71. The van der Waals surface area contributed by atoms with E-state index >= 15 is 0 Å². The lowest BCUT2D eigenvalue weighted by molar-refractivity contribution is 0.0636. The SMILES string of the molecule is CC(C)(C)OC(=O)Nc1ccc(CN)cc1. The summed E-state index contributed by atoms with van der Waals surface area (Å²) in [5.74, 6) is 0. The smallest absolute Gasteiger partial charge is 0.412 e. The zero-order chi connectivity index (χ0) is 12.2. The second-order valence-electron chi connectivity index (χ2n) is 4.53. The van der Waals surface area contributed by atoms with Crippen molar-refractivity contribution in [2.24, 2.45) is 5.73 Å². The van der Waals surface area contributed by atoms with E-state index in [1.807, 2.05) is 32.9 Å². The standard InChI is InChI=1S/C12H18N2O2/c1-12(2,3)16-11(15)14-10-6-4-9(8-13)5-7-10/h4-7H,8,13H2,1-3H3,(H,14,15). The maximum absolute atomic E-state index is 11.4. The first-order valence-electron chi connectivity index (χ1n) is 5.20. The van der Waals surface area contributed by atoms with Crippen molar-refractivity contribution in [3.8, 4) is 0 Å². The molecular formula is C12H18N2O2. The number of nitrogens with two attached hydrogens (primary N) is 1. The van der Waals surface area contributed by atoms with Crippen LogP contribution in [0, 0.1) is 0 Å². The molecule has 0 spiro atoms. The van der Waals surface area contributed by atoms with E-state index in [9.17, 15) is 4.79 Å². The van der Waals surface area contributed by atoms with E-state index in [0.717, 1.165) is 5.56 Å². The molecule has 0 saturated heterocycles. The van der Waals surface area contributed by atoms with Gasteiger partial charge in [0.2, 0.25) is 0 Å². The van der Waals surface area contributed by atoms with Gasteiger partial charge in [-0.15, -0.1) is 0 Å². The Labute approximate surface area is 95.8 Å². The van der Waals surface area contributed by atoms with Gasteiger partial charge in [-0.3, -0.25) is 5.32 Å². The van der Waals surface area contributed by atoms with Crippen LogP contribution in [0.5, 0.6) is 0 Å². The first kappa shape index (κ1) is 12.5. The summed E-state index contributed by atoms with van der Waals surface area (Å²) in [6.45, 7) is 5.96. The van der Waals surface area contributed by atoms with Gasteiger partial charge in [0.05, 0.1) is 0 Å². The molecule has 0 saturated carbocycles. The third kappa shape index (κ3) is 4.31. The van der Waals surface area contributed by atoms with E-state index in [2.05, 4.69) is 5.32 Å². The Balaban J connectivity index is 2.56. The molecule has 4 nitrogen and oxygen atoms in total. The maximum atomic E-state index is 11.4. The number of hydrogen-bond donors (Lipinski definition) is 2. The number of ether oxygens (including phenoxy) is 1. The van der Waals surface area contributed by atoms with E-state index in [0.29, 0.717) is 12.2 Å². The average molecular weight is 222 g/mol. The molecule has 88 valence electrons. The van der Waals surface area contributed by atoms with E-state index in [1.54, 1.807) is 12.1 Å². The molecule has 0 aliphatic carbocycles. The molecule has 0 aromatic heterocycles. The molecule has 0 aliphatic heterocycles. The largest absolute Gasteiger partial charge is 0.444 e. The Morgan fingerprint density at radius 3 is 2.31 bits per heavy atom. The van der Waals surface area contributed by atoms with Gasteiger partial charge in [-0.05, 0) is 38.5 Å². The molecule has 16 heavy (non-hydrogen) atoms. The zero-order valence-electron chi connectivity index (χ0n) is 9.91. The third-order valence-electron chi connectivity index (χ3n) is 1.83. The van der Waals surface area contributed by atoms with Crippen LogP contribution in [0.25, 0.3) is 0 Å². The third-order valence-corrected chi connectivity index (χ3v) is 1.83. The molecule has 1 rings (SSSR count). The molecule has 0 atom stereocenters. The summed E-state index contributed by atoms with van der Waals surface area (Å²) in [5, 5.41) is 2.65. The number of carbonyl (C=O) groups excluding carboxylic acids is 1. The highest BCUT2D eigenvalue weighted by Crippen LogP contribution is 2.12. The van der Waals surface area contributed by atoms with Gasteiger partial charge in [0.25, 0.3) is 0 Å². The highest BCUT2D eigenvalue weighted by molar-refractivity contribution is 5.84. The summed E-state index contributed by atoms with van der Waals surface area (Å²) < 4.78 is 5.12. The Bertz CT molecular complexity index is 352. The zero-order valence-corrected chi connectivity index (χ0v) is 9.91. The summed E-state index contributed by atoms with van der Waals surface area (Å²) in [6.07, 6.45) is -0.451. The van der Waals surface area contributed by atoms with Crippen LogP contribution in [-0.4, -0.2) is 11.7 Å². The van der Waals surface area contributed by atoms with Crippen molar-refractivity contribution in [2.75, 3.05) is 5.32 Å². The van der Waals surface area contributed by atoms with E-state index in [1.165, 1.54) is 0 Å². The van der Waals surface area contributed by atoms with Gasteiger partial charge in [0, 0.05) is 12.2 Å². The molecule has 0 heterocycles. The fourth-order valence-electron chi connectivity index (χ4n) is 1.15. The molecule has 1 amide bonds. The fourth-order valence-corrected chi connectivity index (χ4v) is 1.15. The van der Waals surface area contributed by atoms with Crippen molar-refractivity contribution in [3.63, 3.8) is 0 Å². The van der Waals surface area contributed by atoms with Gasteiger partial charge < -0.3 is 10.5 Å². The molecular weight excluding hydrogens is 204 g/mol. The van der Waals surface area contributed by atoms with Crippen molar-refractivity contribution < 1.29 is 9.53 Å². The molecule has 0 unspecified atom stereocenters. The molecule has 4 heteroatoms. The molecule has 1 aromatic rings. The Hall–Kier alpha value is -1.55. The monoisotopic (exact) mass is 222 g/mol. The fraction of sp³-hybridized carbons (Fsp3) is 0.417. The van der Waals surface area contributed by atoms with Crippen molar-refractivity contribution in [1.82, 2.24) is 0 Å². The maximum Gasteiger partial charge on any atom is 0.412 e. The van der Waals surface area contributed by atoms with Gasteiger partial charge in [0.1, 0.15) is 5.60 Å². The Morgan fingerprint density at radius 1 is 1.31 bits per heavy atom. The molecule has 0 radical (unpaired) electrons. The highest BCUT2D eigenvalue weighted by Gasteiger charge is 2.15. The van der Waals surface area contributed by atoms with E-state index in [-0.39, 0.29) is 0 Å². The summed E-state index contributed by atoms with van der Waals surface area (Å²) in [6, 6.07) is 7.33. The number of benzene rings is 1. The number of nitrogens with one attached hydrogen (secondary N) is 1. The van der Waals surface area contributed by atoms with Crippen LogP contribution >= 0.6 is 0 Å². The van der Waals surface area contributed by atoms with Crippen molar-refractivity contribution in [3.05, 3.63) is 29.8 Å². The van der Waals surface area contributed by atoms with Crippen LogP contribution in [0.1, 0.15) is 26.3 Å². The molecule has 0 aliphatic rings. The Morgan fingerprint density at radius 2 is 1.88 bits per heavy atom. The lowest BCUT2D eigenvalue weighted by Gasteiger charge is -2.19. The minimum Gasteiger partial charge on any atom is -0.444 e. The van der Waals surface area contributed by atoms with E-state index < -0.39 is 11.7 Å². The normalized spacial score (nSPS) is 11.0. The quantitative estimate of drug-likeness (QED) is 0.808. The lowest BCUT2D eigenvalue weighted by Crippen LogP contribution is -2.27. The van der Waals surface area contributed by atoms with Crippen LogP contribution in [0.15, 0.2) is 24.3 Å². The molecule has 0 bridgehead atoms. The average Bonchev–Trinajstić information content (AvgIpc) is 2.16. The van der Waals surface area contributed by atoms with Gasteiger partial charge in [-0.25, -0.2) is 4.79 Å². The first-order chi connectivity index (χ1) is 7.40. The van der Waals surface area contributed by atoms with Crippen LogP contribution in [0.2, 0.25) is 0 Å². The number of anilines is 1. The summed E-state index contributed by atoms with van der Waals surface area (Å²) in [4.78, 5) is 11.4. The minimum absolute atomic E-state index is 0.451.